The first-order chi connectivity index (χ1) is 14.5. The third kappa shape index (κ3) is 3.59. The highest BCUT2D eigenvalue weighted by Gasteiger charge is 2.23. The van der Waals surface area contributed by atoms with Crippen molar-refractivity contribution in [2.45, 2.75) is 39.7 Å². The number of aryl methyl sites for hydroxylation is 1. The Morgan fingerprint density at radius 2 is 1.60 bits per heavy atom. The highest BCUT2D eigenvalue weighted by Crippen LogP contribution is 2.30. The first kappa shape index (κ1) is 19.8. The van der Waals surface area contributed by atoms with Gasteiger partial charge in [-0.15, -0.1) is 0 Å². The Bertz CT molecular complexity index is 1180. The highest BCUT2D eigenvalue weighted by atomic mass is 16.1. The lowest BCUT2D eigenvalue weighted by molar-refractivity contribution is 0.0937. The smallest absolute Gasteiger partial charge is 0.255 e. The minimum absolute atomic E-state index is 0.103. The predicted molar refractivity (Wildman–Crippen MR) is 120 cm³/mol. The molecule has 0 bridgehead atoms. The lowest BCUT2D eigenvalue weighted by Gasteiger charge is -2.18. The molecule has 2 aromatic heterocycles. The van der Waals surface area contributed by atoms with Gasteiger partial charge in [0.15, 0.2) is 5.65 Å². The number of amides is 1. The van der Waals surface area contributed by atoms with Gasteiger partial charge in [0.2, 0.25) is 0 Å². The average Bonchev–Trinajstić information content (AvgIpc) is 3.09. The van der Waals surface area contributed by atoms with E-state index in [0.29, 0.717) is 5.56 Å². The normalized spacial score (nSPS) is 12.3. The fraction of sp³-hybridized carbons (Fsp3) is 0.240. The Morgan fingerprint density at radius 1 is 0.967 bits per heavy atom. The Labute approximate surface area is 176 Å². The van der Waals surface area contributed by atoms with Crippen LogP contribution in [0, 0.1) is 6.92 Å². The Morgan fingerprint density at radius 3 is 2.23 bits per heavy atom. The van der Waals surface area contributed by atoms with Crippen LogP contribution >= 0.6 is 0 Å². The van der Waals surface area contributed by atoms with Crippen molar-refractivity contribution < 1.29 is 4.79 Å². The van der Waals surface area contributed by atoms with Gasteiger partial charge in [-0.05, 0) is 30.9 Å². The van der Waals surface area contributed by atoms with E-state index in [1.54, 1.807) is 6.20 Å². The van der Waals surface area contributed by atoms with Gasteiger partial charge >= 0.3 is 0 Å². The van der Waals surface area contributed by atoms with Crippen LogP contribution in [0.4, 0.5) is 0 Å². The van der Waals surface area contributed by atoms with Gasteiger partial charge in [0.25, 0.3) is 5.91 Å². The lowest BCUT2D eigenvalue weighted by atomic mass is 10.0. The molecule has 5 nitrogen and oxygen atoms in total. The molecule has 0 radical (unpaired) electrons. The Hall–Kier alpha value is -3.47. The quantitative estimate of drug-likeness (QED) is 0.495. The maximum Gasteiger partial charge on any atom is 0.255 e. The van der Waals surface area contributed by atoms with Crippen molar-refractivity contribution in [2.24, 2.45) is 0 Å². The number of nitrogens with zero attached hydrogens (tertiary/aromatic N) is 3. The minimum Gasteiger partial charge on any atom is -0.345 e. The molecule has 0 aliphatic heterocycles. The van der Waals surface area contributed by atoms with E-state index in [-0.39, 0.29) is 17.9 Å². The summed E-state index contributed by atoms with van der Waals surface area (Å²) in [4.78, 5) is 17.8. The molecule has 0 saturated carbocycles. The van der Waals surface area contributed by atoms with E-state index in [1.807, 2.05) is 66.9 Å². The number of fused-ring (bicyclic) bond motifs is 1. The van der Waals surface area contributed by atoms with E-state index in [0.717, 1.165) is 33.7 Å². The first-order valence-electron chi connectivity index (χ1n) is 10.3. The largest absolute Gasteiger partial charge is 0.345 e. The molecule has 1 amide bonds. The molecule has 0 saturated heterocycles. The Balaban J connectivity index is 1.78. The fourth-order valence-electron chi connectivity index (χ4n) is 3.88. The number of carbonyl (C=O) groups is 1. The summed E-state index contributed by atoms with van der Waals surface area (Å²) in [7, 11) is 0. The molecular weight excluding hydrogens is 372 g/mol. The minimum atomic E-state index is -0.140. The van der Waals surface area contributed by atoms with Gasteiger partial charge in [-0.2, -0.15) is 5.10 Å². The van der Waals surface area contributed by atoms with E-state index in [1.165, 1.54) is 0 Å². The molecule has 0 fully saturated rings. The topological polar surface area (TPSA) is 59.3 Å². The van der Waals surface area contributed by atoms with Crippen molar-refractivity contribution >= 4 is 11.6 Å². The molecule has 2 heterocycles. The highest BCUT2D eigenvalue weighted by molar-refractivity contribution is 5.96. The zero-order valence-corrected chi connectivity index (χ0v) is 17.8. The number of hydrogen-bond acceptors (Lipinski definition) is 3. The second kappa shape index (κ2) is 8.11. The van der Waals surface area contributed by atoms with Crippen LogP contribution in [0.15, 0.2) is 66.9 Å². The van der Waals surface area contributed by atoms with Gasteiger partial charge < -0.3 is 5.32 Å². The summed E-state index contributed by atoms with van der Waals surface area (Å²) >= 11 is 0. The van der Waals surface area contributed by atoms with Crippen molar-refractivity contribution in [3.63, 3.8) is 0 Å². The van der Waals surface area contributed by atoms with Gasteiger partial charge in [0, 0.05) is 11.8 Å². The van der Waals surface area contributed by atoms with Crippen molar-refractivity contribution in [3.8, 4) is 11.1 Å². The van der Waals surface area contributed by atoms with Crippen LogP contribution < -0.4 is 5.32 Å². The van der Waals surface area contributed by atoms with Gasteiger partial charge in [0.1, 0.15) is 0 Å². The zero-order valence-electron chi connectivity index (χ0n) is 17.8. The van der Waals surface area contributed by atoms with Crippen LogP contribution in [0.1, 0.15) is 60.0 Å². The molecule has 1 atom stereocenters. The zero-order chi connectivity index (χ0) is 21.3. The average molecular weight is 399 g/mol. The van der Waals surface area contributed by atoms with Gasteiger partial charge in [-0.25, -0.2) is 9.50 Å². The molecular formula is C25H26N4O. The van der Waals surface area contributed by atoms with Gasteiger partial charge in [0.05, 0.1) is 23.0 Å². The van der Waals surface area contributed by atoms with Crippen molar-refractivity contribution in [1.82, 2.24) is 19.9 Å². The summed E-state index contributed by atoms with van der Waals surface area (Å²) in [6.07, 6.45) is 1.69. The summed E-state index contributed by atoms with van der Waals surface area (Å²) in [6.45, 7) is 8.12. The lowest BCUT2D eigenvalue weighted by Crippen LogP contribution is -2.28. The molecule has 5 heteroatoms. The molecule has 0 spiro atoms. The maximum atomic E-state index is 13.2. The molecule has 0 aliphatic rings. The molecule has 1 N–H and O–H groups in total. The number of carbonyl (C=O) groups excluding carboxylic acids is 1. The monoisotopic (exact) mass is 398 g/mol. The van der Waals surface area contributed by atoms with Crippen molar-refractivity contribution in [2.75, 3.05) is 0 Å². The van der Waals surface area contributed by atoms with Crippen molar-refractivity contribution in [3.05, 3.63) is 89.4 Å². The van der Waals surface area contributed by atoms with E-state index in [4.69, 9.17) is 5.10 Å². The van der Waals surface area contributed by atoms with Crippen LogP contribution in [0.3, 0.4) is 0 Å². The summed E-state index contributed by atoms with van der Waals surface area (Å²) in [5, 5.41) is 7.87. The molecule has 4 rings (SSSR count). The summed E-state index contributed by atoms with van der Waals surface area (Å²) in [5.74, 6) is -0.0370. The number of aromatic nitrogens is 3. The number of hydrogen-bond donors (Lipinski definition) is 1. The summed E-state index contributed by atoms with van der Waals surface area (Å²) in [6, 6.07) is 20.0. The fourth-order valence-corrected chi connectivity index (χ4v) is 3.88. The molecule has 1 unspecified atom stereocenters. The third-order valence-corrected chi connectivity index (χ3v) is 5.36. The van der Waals surface area contributed by atoms with Gasteiger partial charge in [-0.1, -0.05) is 74.5 Å². The number of benzene rings is 2. The Kier molecular flexibility index (Phi) is 5.36. The predicted octanol–water partition coefficient (Wildman–Crippen LogP) is 5.32. The first-order valence-corrected chi connectivity index (χ1v) is 10.3. The third-order valence-electron chi connectivity index (χ3n) is 5.36. The summed E-state index contributed by atoms with van der Waals surface area (Å²) < 4.78 is 1.84. The van der Waals surface area contributed by atoms with Gasteiger partial charge in [-0.3, -0.25) is 4.79 Å². The molecule has 2 aromatic carbocycles. The second-order valence-electron chi connectivity index (χ2n) is 7.88. The standard InChI is InChI=1S/C25H26N4O/c1-16(2)23-21(25(30)27-17(3)19-11-7-5-8-12-19)15-26-24-22(18(4)28-29(23)24)20-13-9-6-10-14-20/h5-17H,1-4H3,(H,27,30). The molecule has 152 valence electrons. The summed E-state index contributed by atoms with van der Waals surface area (Å²) in [5.41, 5.74) is 6.22. The maximum absolute atomic E-state index is 13.2. The van der Waals surface area contributed by atoms with E-state index in [9.17, 15) is 4.79 Å². The van der Waals surface area contributed by atoms with E-state index in [2.05, 4.69) is 36.3 Å². The van der Waals surface area contributed by atoms with E-state index >= 15 is 0 Å². The van der Waals surface area contributed by atoms with Crippen molar-refractivity contribution in [1.29, 1.82) is 0 Å². The van der Waals surface area contributed by atoms with Crippen LogP contribution in [0.25, 0.3) is 16.8 Å². The molecule has 0 aliphatic carbocycles. The van der Waals surface area contributed by atoms with Crippen LogP contribution in [-0.2, 0) is 0 Å². The number of nitrogens with one attached hydrogen (secondary N) is 1. The SMILES string of the molecule is Cc1nn2c(C(C)C)c(C(=O)NC(C)c3ccccc3)cnc2c1-c1ccccc1. The molecule has 30 heavy (non-hydrogen) atoms. The number of rotatable bonds is 5. The van der Waals surface area contributed by atoms with Crippen LogP contribution in [0.2, 0.25) is 0 Å². The van der Waals surface area contributed by atoms with Crippen LogP contribution in [-0.4, -0.2) is 20.5 Å². The molecule has 4 aromatic rings. The van der Waals surface area contributed by atoms with Crippen LogP contribution in [0.5, 0.6) is 0 Å². The second-order valence-corrected chi connectivity index (χ2v) is 7.88. The van der Waals surface area contributed by atoms with E-state index < -0.39 is 0 Å².